The number of nitrogens with zero attached hydrogens (tertiary/aromatic N) is 3. The number of unbranched alkanes of at least 4 members (excludes halogenated alkanes) is 5. The number of phenols is 1. The van der Waals surface area contributed by atoms with Gasteiger partial charge in [-0.25, -0.2) is 0 Å². The van der Waals surface area contributed by atoms with Gasteiger partial charge in [-0.05, 0) is 55.2 Å². The fourth-order valence-electron chi connectivity index (χ4n) is 3.51. The molecule has 1 radical (unpaired) electrons. The van der Waals surface area contributed by atoms with Crippen molar-refractivity contribution >= 4 is 28.6 Å². The second-order valence-electron chi connectivity index (χ2n) is 7.89. The molecule has 6 nitrogen and oxygen atoms in total. The van der Waals surface area contributed by atoms with Gasteiger partial charge in [-0.2, -0.15) is 0 Å². The minimum absolute atomic E-state index is 0. The van der Waals surface area contributed by atoms with Gasteiger partial charge in [0.05, 0.1) is 6.61 Å². The van der Waals surface area contributed by atoms with E-state index in [-0.39, 0.29) is 61.4 Å². The van der Waals surface area contributed by atoms with Crippen LogP contribution in [0.2, 0.25) is 5.02 Å². The Labute approximate surface area is 236 Å². The first-order valence-electron chi connectivity index (χ1n) is 11.0. The van der Waals surface area contributed by atoms with Crippen molar-refractivity contribution in [3.63, 3.8) is 0 Å². The number of rotatable bonds is 11. The van der Waals surface area contributed by atoms with Crippen LogP contribution in [0.1, 0.15) is 63.0 Å². The Morgan fingerprint density at radius 3 is 2.52 bits per heavy atom. The molecule has 2 aromatic carbocycles. The molecule has 175 valence electrons. The molecule has 3 aromatic rings. The Morgan fingerprint density at radius 2 is 1.76 bits per heavy atom. The minimum atomic E-state index is -0.196. The van der Waals surface area contributed by atoms with Gasteiger partial charge >= 0.3 is 5.97 Å². The predicted octanol–water partition coefficient (Wildman–Crippen LogP) is 5.92. The fraction of sp³-hybridized carbons (Fsp3) is 0.458. The number of aromatic hydroxyl groups is 1. The maximum atomic E-state index is 12.1. The third-order valence-corrected chi connectivity index (χ3v) is 5.51. The van der Waals surface area contributed by atoms with Gasteiger partial charge < -0.3 is 9.84 Å². The predicted molar refractivity (Wildman–Crippen MR) is 123 cm³/mol. The zero-order valence-corrected chi connectivity index (χ0v) is 25.5. The van der Waals surface area contributed by atoms with Crippen molar-refractivity contribution in [1.29, 1.82) is 0 Å². The summed E-state index contributed by atoms with van der Waals surface area (Å²) in [6.07, 6.45) is 7.79. The summed E-state index contributed by atoms with van der Waals surface area (Å²) < 4.78 is 5.36. The molecule has 0 atom stereocenters. The van der Waals surface area contributed by atoms with Crippen LogP contribution in [0.4, 0.5) is 0 Å². The molecule has 0 unspecified atom stereocenters. The van der Waals surface area contributed by atoms with Gasteiger partial charge in [0.2, 0.25) is 0 Å². The zero-order chi connectivity index (χ0) is 22.2. The smallest absolute Gasteiger partial charge is 0.306 e. The standard InChI is InChI=1S/C24H30ClN3O3.U.V/c1-3-4-5-6-7-8-13-31-23(29)12-9-18-14-17(2)24(30)22(15-18)28-26-20-11-10-19(25)16-21(20)27-28;;/h10-11,14-16,30H,3-9,12-13H2,1-2H3;;. The first kappa shape index (κ1) is 30.1. The Balaban J connectivity index is 0.00000272. The Bertz CT molecular complexity index is 1050. The second-order valence-corrected chi connectivity index (χ2v) is 8.33. The average molecular weight is 733 g/mol. The number of ether oxygens (including phenoxy) is 1. The number of fused-ring (bicyclic) bond motifs is 1. The number of phenolic OH excluding ortho intramolecular Hbond substituents is 1. The summed E-state index contributed by atoms with van der Waals surface area (Å²) in [5.74, 6) is -0.0840. The molecule has 0 aliphatic rings. The van der Waals surface area contributed by atoms with Gasteiger partial charge in [-0.1, -0.05) is 56.7 Å². The molecular weight excluding hydrogens is 703 g/mol. The normalized spacial score (nSPS) is 10.5. The number of esters is 1. The van der Waals surface area contributed by atoms with E-state index in [9.17, 15) is 9.90 Å². The maximum absolute atomic E-state index is 12.1. The summed E-state index contributed by atoms with van der Waals surface area (Å²) in [4.78, 5) is 13.5. The molecule has 0 bridgehead atoms. The molecule has 33 heavy (non-hydrogen) atoms. The zero-order valence-electron chi connectivity index (χ0n) is 19.2. The second kappa shape index (κ2) is 15.1. The van der Waals surface area contributed by atoms with Gasteiger partial charge in [0, 0.05) is 61.1 Å². The molecule has 0 aliphatic heterocycles. The topological polar surface area (TPSA) is 77.2 Å². The average Bonchev–Trinajstić information content (AvgIpc) is 3.16. The number of benzene rings is 2. The summed E-state index contributed by atoms with van der Waals surface area (Å²) in [5.41, 5.74) is 3.43. The summed E-state index contributed by atoms with van der Waals surface area (Å²) in [5, 5.41) is 20.0. The maximum Gasteiger partial charge on any atom is 0.306 e. The van der Waals surface area contributed by atoms with E-state index in [0.29, 0.717) is 46.8 Å². The van der Waals surface area contributed by atoms with Crippen LogP contribution in [0.25, 0.3) is 16.7 Å². The van der Waals surface area contributed by atoms with Gasteiger partial charge in [-0.3, -0.25) is 4.79 Å². The Morgan fingerprint density at radius 1 is 1.06 bits per heavy atom. The van der Waals surface area contributed by atoms with Crippen LogP contribution in [0.15, 0.2) is 30.3 Å². The van der Waals surface area contributed by atoms with Crippen LogP contribution in [0.5, 0.6) is 5.75 Å². The molecular formula is C24H30ClN3O3UV. The molecule has 3 rings (SSSR count). The van der Waals surface area contributed by atoms with Crippen molar-refractivity contribution < 1.29 is 64.3 Å². The molecule has 1 N–H and O–H groups in total. The fourth-order valence-corrected chi connectivity index (χ4v) is 3.68. The van der Waals surface area contributed by atoms with Crippen molar-refractivity contribution in [2.45, 2.75) is 65.2 Å². The summed E-state index contributed by atoms with van der Waals surface area (Å²) in [6.45, 7) is 4.50. The van der Waals surface area contributed by atoms with E-state index in [1.165, 1.54) is 30.5 Å². The summed E-state index contributed by atoms with van der Waals surface area (Å²) in [7, 11) is 0. The Kier molecular flexibility index (Phi) is 13.8. The number of aryl methyl sites for hydroxylation is 2. The van der Waals surface area contributed by atoms with E-state index in [4.69, 9.17) is 16.3 Å². The van der Waals surface area contributed by atoms with Gasteiger partial charge in [0.25, 0.3) is 0 Å². The Hall–Kier alpha value is -0.964. The molecule has 0 amide bonds. The van der Waals surface area contributed by atoms with Crippen LogP contribution < -0.4 is 0 Å². The summed E-state index contributed by atoms with van der Waals surface area (Å²) in [6, 6.07) is 8.95. The van der Waals surface area contributed by atoms with Crippen molar-refractivity contribution in [3.8, 4) is 11.4 Å². The van der Waals surface area contributed by atoms with Crippen molar-refractivity contribution in [3.05, 3.63) is 46.5 Å². The first-order valence-corrected chi connectivity index (χ1v) is 11.4. The van der Waals surface area contributed by atoms with E-state index in [1.807, 2.05) is 19.1 Å². The first-order chi connectivity index (χ1) is 15.0. The van der Waals surface area contributed by atoms with Crippen molar-refractivity contribution in [1.82, 2.24) is 15.0 Å². The number of halogens is 1. The van der Waals surface area contributed by atoms with Gasteiger partial charge in [-0.15, -0.1) is 15.0 Å². The van der Waals surface area contributed by atoms with Crippen LogP contribution in [-0.2, 0) is 34.5 Å². The quantitative estimate of drug-likeness (QED) is 0.196. The van der Waals surface area contributed by atoms with E-state index in [0.717, 1.165) is 18.4 Å². The number of hydrogen-bond acceptors (Lipinski definition) is 5. The van der Waals surface area contributed by atoms with Gasteiger partial charge in [0.15, 0.2) is 0 Å². The van der Waals surface area contributed by atoms with Crippen LogP contribution in [0, 0.1) is 38.0 Å². The van der Waals surface area contributed by atoms with Crippen LogP contribution in [-0.4, -0.2) is 32.7 Å². The number of hydrogen-bond donors (Lipinski definition) is 1. The van der Waals surface area contributed by atoms with Crippen molar-refractivity contribution in [2.24, 2.45) is 0 Å². The largest absolute Gasteiger partial charge is 0.505 e. The SMILES string of the molecule is CCCCCCCCOC(=O)CCc1cc(C)c(O)c(-n2nc3ccc(Cl)cc3n2)c1.[U].[V]. The molecule has 1 heterocycles. The van der Waals surface area contributed by atoms with E-state index >= 15 is 0 Å². The van der Waals surface area contributed by atoms with E-state index in [1.54, 1.807) is 18.2 Å². The van der Waals surface area contributed by atoms with Gasteiger partial charge in [0.1, 0.15) is 22.5 Å². The molecule has 0 aliphatic carbocycles. The molecule has 0 saturated carbocycles. The minimum Gasteiger partial charge on any atom is -0.505 e. The molecule has 0 spiro atoms. The number of aromatic nitrogens is 3. The monoisotopic (exact) mass is 732 g/mol. The third kappa shape index (κ3) is 8.96. The van der Waals surface area contributed by atoms with E-state index < -0.39 is 0 Å². The van der Waals surface area contributed by atoms with Crippen LogP contribution in [0.3, 0.4) is 0 Å². The third-order valence-electron chi connectivity index (χ3n) is 5.28. The summed E-state index contributed by atoms with van der Waals surface area (Å²) >= 11 is 6.03. The van der Waals surface area contributed by atoms with Crippen molar-refractivity contribution in [2.75, 3.05) is 6.61 Å². The molecule has 0 saturated heterocycles. The number of carbonyl (C=O) groups excluding carboxylic acids is 1. The molecule has 9 heteroatoms. The van der Waals surface area contributed by atoms with Crippen LogP contribution >= 0.6 is 11.6 Å². The number of carbonyl (C=O) groups is 1. The van der Waals surface area contributed by atoms with E-state index in [2.05, 4.69) is 17.1 Å². The molecule has 1 aromatic heterocycles. The molecule has 0 fully saturated rings.